The molecule has 0 aliphatic carbocycles. The van der Waals surface area contributed by atoms with Crippen LogP contribution in [0.5, 0.6) is 11.5 Å². The lowest BCUT2D eigenvalue weighted by Crippen LogP contribution is -2.11. The van der Waals surface area contributed by atoms with Gasteiger partial charge in [-0.2, -0.15) is 0 Å². The second-order valence-electron chi connectivity index (χ2n) is 13.6. The summed E-state index contributed by atoms with van der Waals surface area (Å²) in [6.45, 7) is 13.0. The molecule has 0 aliphatic heterocycles. The van der Waals surface area contributed by atoms with Crippen LogP contribution in [0.2, 0.25) is 0 Å². The van der Waals surface area contributed by atoms with Gasteiger partial charge in [0.15, 0.2) is 0 Å². The summed E-state index contributed by atoms with van der Waals surface area (Å²) in [5.74, 6) is 2.05. The van der Waals surface area contributed by atoms with E-state index in [0.29, 0.717) is 0 Å². The number of ether oxygens (including phenoxy) is 2. The standard InChI is InChI=1S/C40H62O2/c1-6-8-10-12-14-16-18-20-24-30-41-38-34-26-22-23-27-35(34)39(37-32-33(40(3,4)5)28-29-36(37)38)42-31-25-21-19-17-15-13-11-9-7-2/h22-23,26-29,32H,6-21,24-25,30-31H2,1-5H3. The minimum atomic E-state index is 0.0752. The molecule has 0 heterocycles. The van der Waals surface area contributed by atoms with Crippen molar-refractivity contribution in [3.8, 4) is 11.5 Å². The highest BCUT2D eigenvalue weighted by atomic mass is 16.5. The first-order valence-electron chi connectivity index (χ1n) is 17.7. The Balaban J connectivity index is 1.68. The summed E-state index contributed by atoms with van der Waals surface area (Å²) < 4.78 is 13.3. The van der Waals surface area contributed by atoms with Crippen molar-refractivity contribution in [1.29, 1.82) is 0 Å². The van der Waals surface area contributed by atoms with Crippen molar-refractivity contribution < 1.29 is 9.47 Å². The van der Waals surface area contributed by atoms with Gasteiger partial charge in [-0.25, -0.2) is 0 Å². The van der Waals surface area contributed by atoms with Crippen molar-refractivity contribution in [1.82, 2.24) is 0 Å². The van der Waals surface area contributed by atoms with Crippen LogP contribution in [-0.2, 0) is 5.41 Å². The fourth-order valence-corrected chi connectivity index (χ4v) is 6.05. The van der Waals surface area contributed by atoms with E-state index in [9.17, 15) is 0 Å². The van der Waals surface area contributed by atoms with Gasteiger partial charge in [0.05, 0.1) is 13.2 Å². The fraction of sp³-hybridized carbons (Fsp3) is 0.650. The van der Waals surface area contributed by atoms with Crippen molar-refractivity contribution >= 4 is 21.5 Å². The molecule has 2 nitrogen and oxygen atoms in total. The number of unbranched alkanes of at least 4 members (excludes halogenated alkanes) is 16. The Kier molecular flexibility index (Phi) is 15.6. The molecule has 3 aromatic rings. The van der Waals surface area contributed by atoms with Gasteiger partial charge in [-0.1, -0.05) is 174 Å². The van der Waals surface area contributed by atoms with Crippen molar-refractivity contribution in [3.63, 3.8) is 0 Å². The van der Waals surface area contributed by atoms with E-state index in [-0.39, 0.29) is 5.41 Å². The Bertz CT molecular complexity index is 1160. The molecular formula is C40H62O2. The molecule has 0 saturated carbocycles. The average molecular weight is 575 g/mol. The quantitative estimate of drug-likeness (QED) is 0.0877. The first-order chi connectivity index (χ1) is 20.5. The van der Waals surface area contributed by atoms with E-state index >= 15 is 0 Å². The van der Waals surface area contributed by atoms with E-state index < -0.39 is 0 Å². The summed E-state index contributed by atoms with van der Waals surface area (Å²) in [7, 11) is 0. The van der Waals surface area contributed by atoms with E-state index in [1.807, 2.05) is 0 Å². The van der Waals surface area contributed by atoms with E-state index in [4.69, 9.17) is 9.47 Å². The van der Waals surface area contributed by atoms with E-state index in [1.165, 1.54) is 130 Å². The third-order valence-electron chi connectivity index (χ3n) is 8.78. The first kappa shape index (κ1) is 34.3. The minimum Gasteiger partial charge on any atom is -0.492 e. The molecular weight excluding hydrogens is 512 g/mol. The number of rotatable bonds is 22. The van der Waals surface area contributed by atoms with Crippen molar-refractivity contribution in [2.75, 3.05) is 13.2 Å². The molecule has 0 atom stereocenters. The summed E-state index contributed by atoms with van der Waals surface area (Å²) in [6, 6.07) is 15.6. The summed E-state index contributed by atoms with van der Waals surface area (Å²) in [5.41, 5.74) is 1.41. The van der Waals surface area contributed by atoms with Gasteiger partial charge in [0, 0.05) is 21.5 Å². The van der Waals surface area contributed by atoms with Crippen LogP contribution in [0.1, 0.15) is 156 Å². The monoisotopic (exact) mass is 574 g/mol. The molecule has 42 heavy (non-hydrogen) atoms. The summed E-state index contributed by atoms with van der Waals surface area (Å²) in [5, 5.41) is 4.72. The molecule has 0 N–H and O–H groups in total. The van der Waals surface area contributed by atoms with Crippen molar-refractivity contribution in [2.45, 2.75) is 156 Å². The van der Waals surface area contributed by atoms with Crippen LogP contribution in [-0.4, -0.2) is 13.2 Å². The lowest BCUT2D eigenvalue weighted by molar-refractivity contribution is 0.306. The van der Waals surface area contributed by atoms with Crippen LogP contribution in [0.15, 0.2) is 42.5 Å². The van der Waals surface area contributed by atoms with Crippen LogP contribution < -0.4 is 9.47 Å². The van der Waals surface area contributed by atoms with E-state index in [2.05, 4.69) is 77.1 Å². The molecule has 0 spiro atoms. The normalized spacial score (nSPS) is 11.9. The third-order valence-corrected chi connectivity index (χ3v) is 8.78. The van der Waals surface area contributed by atoms with Gasteiger partial charge in [0.2, 0.25) is 0 Å². The minimum absolute atomic E-state index is 0.0752. The van der Waals surface area contributed by atoms with Crippen LogP contribution in [0.4, 0.5) is 0 Å². The van der Waals surface area contributed by atoms with Crippen LogP contribution >= 0.6 is 0 Å². The zero-order chi connectivity index (χ0) is 30.0. The highest BCUT2D eigenvalue weighted by Gasteiger charge is 2.20. The van der Waals surface area contributed by atoms with Gasteiger partial charge in [-0.3, -0.25) is 0 Å². The zero-order valence-corrected chi connectivity index (χ0v) is 28.0. The van der Waals surface area contributed by atoms with Crippen LogP contribution in [0.25, 0.3) is 21.5 Å². The molecule has 2 heteroatoms. The lowest BCUT2D eigenvalue weighted by atomic mass is 9.85. The van der Waals surface area contributed by atoms with Crippen molar-refractivity contribution in [3.05, 3.63) is 48.0 Å². The average Bonchev–Trinajstić information content (AvgIpc) is 2.98. The van der Waals surface area contributed by atoms with Gasteiger partial charge in [0.25, 0.3) is 0 Å². The third kappa shape index (κ3) is 11.1. The van der Waals surface area contributed by atoms with Crippen LogP contribution in [0, 0.1) is 0 Å². The molecule has 0 bridgehead atoms. The molecule has 0 aliphatic rings. The van der Waals surface area contributed by atoms with Crippen LogP contribution in [0.3, 0.4) is 0 Å². The highest BCUT2D eigenvalue weighted by Crippen LogP contribution is 2.44. The fourth-order valence-electron chi connectivity index (χ4n) is 6.05. The summed E-state index contributed by atoms with van der Waals surface area (Å²) >= 11 is 0. The topological polar surface area (TPSA) is 18.5 Å². The Morgan fingerprint density at radius 3 is 1.26 bits per heavy atom. The predicted molar refractivity (Wildman–Crippen MR) is 186 cm³/mol. The molecule has 0 amide bonds. The maximum Gasteiger partial charge on any atom is 0.135 e. The maximum absolute atomic E-state index is 6.66. The summed E-state index contributed by atoms with van der Waals surface area (Å²) in [6.07, 6.45) is 23.8. The molecule has 3 rings (SSSR count). The van der Waals surface area contributed by atoms with Crippen molar-refractivity contribution in [2.24, 2.45) is 0 Å². The van der Waals surface area contributed by atoms with Gasteiger partial charge in [0.1, 0.15) is 11.5 Å². The van der Waals surface area contributed by atoms with Gasteiger partial charge >= 0.3 is 0 Å². The molecule has 234 valence electrons. The first-order valence-corrected chi connectivity index (χ1v) is 17.7. The number of fused-ring (bicyclic) bond motifs is 2. The van der Waals surface area contributed by atoms with Gasteiger partial charge in [-0.15, -0.1) is 0 Å². The second kappa shape index (κ2) is 19.1. The smallest absolute Gasteiger partial charge is 0.135 e. The van der Waals surface area contributed by atoms with E-state index in [1.54, 1.807) is 0 Å². The van der Waals surface area contributed by atoms with Gasteiger partial charge in [-0.05, 0) is 29.9 Å². The highest BCUT2D eigenvalue weighted by molar-refractivity contribution is 6.11. The maximum atomic E-state index is 6.66. The molecule has 3 aromatic carbocycles. The van der Waals surface area contributed by atoms with E-state index in [0.717, 1.165) is 37.6 Å². The Hall–Kier alpha value is -2.22. The Morgan fingerprint density at radius 1 is 0.452 bits per heavy atom. The zero-order valence-electron chi connectivity index (χ0n) is 28.0. The summed E-state index contributed by atoms with van der Waals surface area (Å²) in [4.78, 5) is 0. The Morgan fingerprint density at radius 2 is 0.833 bits per heavy atom. The largest absolute Gasteiger partial charge is 0.492 e. The molecule has 0 aromatic heterocycles. The number of hydrogen-bond acceptors (Lipinski definition) is 2. The Labute approximate surface area is 259 Å². The van der Waals surface area contributed by atoms with Gasteiger partial charge < -0.3 is 9.47 Å². The predicted octanol–water partition coefficient (Wildman–Crippen LogP) is 13.1. The lowest BCUT2D eigenvalue weighted by Gasteiger charge is -2.22. The molecule has 0 fully saturated rings. The molecule has 0 saturated heterocycles. The molecule has 0 radical (unpaired) electrons. The molecule has 0 unspecified atom stereocenters. The SMILES string of the molecule is CCCCCCCCCCCOc1c2ccccc2c(OCCCCCCCCCCC)c2cc(C(C)(C)C)ccc12. The number of hydrogen-bond donors (Lipinski definition) is 0. The second-order valence-corrected chi connectivity index (χ2v) is 13.6. The number of benzene rings is 3.